The van der Waals surface area contributed by atoms with E-state index in [4.69, 9.17) is 11.5 Å². The molecule has 0 amide bonds. The standard InChI is InChI=1S/C12H14N2/c13-7-9-5-10-3-1-2-4-12(10)11(6-9)8-14/h1-6H,7-8,13-14H2. The summed E-state index contributed by atoms with van der Waals surface area (Å²) in [6.45, 7) is 1.13. The van der Waals surface area contributed by atoms with E-state index in [1.807, 2.05) is 12.1 Å². The predicted octanol–water partition coefficient (Wildman–Crippen LogP) is 1.76. The first kappa shape index (κ1) is 9.19. The van der Waals surface area contributed by atoms with Crippen LogP contribution in [0.2, 0.25) is 0 Å². The Kier molecular flexibility index (Phi) is 2.48. The second-order valence-corrected chi connectivity index (χ2v) is 3.38. The van der Waals surface area contributed by atoms with Gasteiger partial charge in [-0.2, -0.15) is 0 Å². The predicted molar refractivity (Wildman–Crippen MR) is 59.7 cm³/mol. The summed E-state index contributed by atoms with van der Waals surface area (Å²) in [7, 11) is 0. The van der Waals surface area contributed by atoms with Gasteiger partial charge >= 0.3 is 0 Å². The van der Waals surface area contributed by atoms with Gasteiger partial charge in [-0.15, -0.1) is 0 Å². The van der Waals surface area contributed by atoms with E-state index in [9.17, 15) is 0 Å². The second-order valence-electron chi connectivity index (χ2n) is 3.38. The monoisotopic (exact) mass is 186 g/mol. The summed E-state index contributed by atoms with van der Waals surface area (Å²) < 4.78 is 0. The highest BCUT2D eigenvalue weighted by molar-refractivity contribution is 5.86. The molecule has 0 atom stereocenters. The van der Waals surface area contributed by atoms with E-state index >= 15 is 0 Å². The lowest BCUT2D eigenvalue weighted by Crippen LogP contribution is -2.01. The minimum Gasteiger partial charge on any atom is -0.326 e. The summed E-state index contributed by atoms with van der Waals surface area (Å²) in [5.41, 5.74) is 13.6. The second kappa shape index (κ2) is 3.78. The van der Waals surface area contributed by atoms with Gasteiger partial charge in [0.1, 0.15) is 0 Å². The highest BCUT2D eigenvalue weighted by Crippen LogP contribution is 2.20. The maximum absolute atomic E-state index is 5.70. The van der Waals surface area contributed by atoms with Crippen molar-refractivity contribution in [2.24, 2.45) is 11.5 Å². The molecule has 0 aliphatic rings. The van der Waals surface area contributed by atoms with Gasteiger partial charge in [0, 0.05) is 13.1 Å². The number of nitrogens with two attached hydrogens (primary N) is 2. The average molecular weight is 186 g/mol. The van der Waals surface area contributed by atoms with Crippen LogP contribution >= 0.6 is 0 Å². The van der Waals surface area contributed by atoms with Gasteiger partial charge in [0.2, 0.25) is 0 Å². The Morgan fingerprint density at radius 3 is 2.43 bits per heavy atom. The normalized spacial score (nSPS) is 10.7. The molecule has 0 unspecified atom stereocenters. The molecule has 2 aromatic rings. The smallest absolute Gasteiger partial charge is 0.0184 e. The van der Waals surface area contributed by atoms with E-state index in [0.717, 1.165) is 5.56 Å². The van der Waals surface area contributed by atoms with Gasteiger partial charge in [-0.25, -0.2) is 0 Å². The largest absolute Gasteiger partial charge is 0.326 e. The van der Waals surface area contributed by atoms with Crippen molar-refractivity contribution in [2.75, 3.05) is 0 Å². The third kappa shape index (κ3) is 1.50. The zero-order valence-electron chi connectivity index (χ0n) is 8.03. The fourth-order valence-corrected chi connectivity index (χ4v) is 1.74. The van der Waals surface area contributed by atoms with Gasteiger partial charge in [0.15, 0.2) is 0 Å². The highest BCUT2D eigenvalue weighted by Gasteiger charge is 2.00. The van der Waals surface area contributed by atoms with Crippen LogP contribution in [0.1, 0.15) is 11.1 Å². The van der Waals surface area contributed by atoms with E-state index in [-0.39, 0.29) is 0 Å². The molecule has 0 heterocycles. The average Bonchev–Trinajstić information content (AvgIpc) is 2.27. The molecule has 0 saturated carbocycles. The van der Waals surface area contributed by atoms with Crippen molar-refractivity contribution in [2.45, 2.75) is 13.1 Å². The number of rotatable bonds is 2. The third-order valence-corrected chi connectivity index (χ3v) is 2.46. The SMILES string of the molecule is NCc1cc(CN)c2ccccc2c1. The van der Waals surface area contributed by atoms with E-state index in [1.54, 1.807) is 0 Å². The van der Waals surface area contributed by atoms with Gasteiger partial charge in [0.05, 0.1) is 0 Å². The lowest BCUT2D eigenvalue weighted by atomic mass is 10.0. The van der Waals surface area contributed by atoms with Crippen LogP contribution in [-0.2, 0) is 13.1 Å². The van der Waals surface area contributed by atoms with E-state index in [0.29, 0.717) is 13.1 Å². The minimum atomic E-state index is 0.564. The molecular weight excluding hydrogens is 172 g/mol. The van der Waals surface area contributed by atoms with Crippen molar-refractivity contribution in [1.29, 1.82) is 0 Å². The van der Waals surface area contributed by atoms with Crippen LogP contribution in [0.4, 0.5) is 0 Å². The molecule has 0 spiro atoms. The van der Waals surface area contributed by atoms with Crippen molar-refractivity contribution in [1.82, 2.24) is 0 Å². The Balaban J connectivity index is 2.73. The molecule has 0 bridgehead atoms. The Morgan fingerprint density at radius 1 is 0.929 bits per heavy atom. The molecule has 72 valence electrons. The lowest BCUT2D eigenvalue weighted by Gasteiger charge is -2.07. The molecule has 0 radical (unpaired) electrons. The highest BCUT2D eigenvalue weighted by atomic mass is 14.5. The van der Waals surface area contributed by atoms with Crippen LogP contribution in [0.15, 0.2) is 36.4 Å². The molecule has 2 nitrogen and oxygen atoms in total. The summed E-state index contributed by atoms with van der Waals surface area (Å²) in [5, 5.41) is 2.45. The molecule has 2 aromatic carbocycles. The first-order valence-corrected chi connectivity index (χ1v) is 4.76. The molecule has 0 aliphatic carbocycles. The van der Waals surface area contributed by atoms with Crippen LogP contribution in [0, 0.1) is 0 Å². The first-order valence-electron chi connectivity index (χ1n) is 4.76. The summed E-state index contributed by atoms with van der Waals surface area (Å²) in [5.74, 6) is 0. The number of hydrogen-bond acceptors (Lipinski definition) is 2. The molecule has 0 saturated heterocycles. The number of hydrogen-bond donors (Lipinski definition) is 2. The third-order valence-electron chi connectivity index (χ3n) is 2.46. The number of fused-ring (bicyclic) bond motifs is 1. The molecule has 0 fully saturated rings. The van der Waals surface area contributed by atoms with Crippen molar-refractivity contribution >= 4 is 10.8 Å². The molecular formula is C12H14N2. The molecule has 0 aliphatic heterocycles. The van der Waals surface area contributed by atoms with Crippen molar-refractivity contribution in [3.63, 3.8) is 0 Å². The summed E-state index contributed by atoms with van der Waals surface area (Å²) in [6.07, 6.45) is 0. The van der Waals surface area contributed by atoms with E-state index in [2.05, 4.69) is 24.3 Å². The summed E-state index contributed by atoms with van der Waals surface area (Å²) in [4.78, 5) is 0. The Labute approximate surface area is 83.5 Å². The van der Waals surface area contributed by atoms with Crippen LogP contribution in [0.3, 0.4) is 0 Å². The molecule has 4 N–H and O–H groups in total. The first-order chi connectivity index (χ1) is 6.85. The Hall–Kier alpha value is -1.38. The van der Waals surface area contributed by atoms with Crippen LogP contribution in [0.25, 0.3) is 10.8 Å². The van der Waals surface area contributed by atoms with Gasteiger partial charge < -0.3 is 11.5 Å². The van der Waals surface area contributed by atoms with Crippen molar-refractivity contribution in [3.05, 3.63) is 47.5 Å². The van der Waals surface area contributed by atoms with Crippen LogP contribution in [-0.4, -0.2) is 0 Å². The topological polar surface area (TPSA) is 52.0 Å². The maximum atomic E-state index is 5.70. The van der Waals surface area contributed by atoms with E-state index in [1.165, 1.54) is 16.3 Å². The van der Waals surface area contributed by atoms with Crippen molar-refractivity contribution < 1.29 is 0 Å². The molecule has 0 aromatic heterocycles. The molecule has 14 heavy (non-hydrogen) atoms. The summed E-state index contributed by atoms with van der Waals surface area (Å²) in [6, 6.07) is 12.5. The van der Waals surface area contributed by atoms with E-state index < -0.39 is 0 Å². The Morgan fingerprint density at radius 2 is 1.71 bits per heavy atom. The maximum Gasteiger partial charge on any atom is 0.0184 e. The zero-order valence-corrected chi connectivity index (χ0v) is 8.03. The number of benzene rings is 2. The summed E-state index contributed by atoms with van der Waals surface area (Å²) >= 11 is 0. The molecule has 2 heteroatoms. The van der Waals surface area contributed by atoms with Gasteiger partial charge in [-0.1, -0.05) is 30.3 Å². The van der Waals surface area contributed by atoms with Gasteiger partial charge in [-0.05, 0) is 28.0 Å². The lowest BCUT2D eigenvalue weighted by molar-refractivity contribution is 1.04. The quantitative estimate of drug-likeness (QED) is 0.750. The minimum absolute atomic E-state index is 0.564. The Bertz CT molecular complexity index is 449. The fraction of sp³-hybridized carbons (Fsp3) is 0.167. The van der Waals surface area contributed by atoms with Crippen molar-refractivity contribution in [3.8, 4) is 0 Å². The van der Waals surface area contributed by atoms with Crippen LogP contribution in [0.5, 0.6) is 0 Å². The zero-order chi connectivity index (χ0) is 9.97. The fourth-order valence-electron chi connectivity index (χ4n) is 1.74. The van der Waals surface area contributed by atoms with Gasteiger partial charge in [-0.3, -0.25) is 0 Å². The van der Waals surface area contributed by atoms with Crippen LogP contribution < -0.4 is 11.5 Å². The molecule has 2 rings (SSSR count). The van der Waals surface area contributed by atoms with Gasteiger partial charge in [0.25, 0.3) is 0 Å².